The maximum Gasteiger partial charge on any atom is 0.269 e. The van der Waals surface area contributed by atoms with Crippen LogP contribution in [0.25, 0.3) is 5.82 Å². The highest BCUT2D eigenvalue weighted by Crippen LogP contribution is 2.23. The number of nitrogens with zero attached hydrogens (tertiary/aromatic N) is 7. The maximum absolute atomic E-state index is 10.8. The minimum absolute atomic E-state index is 0.111. The van der Waals surface area contributed by atoms with Gasteiger partial charge in [-0.25, -0.2) is 14.6 Å². The standard InChI is InChI=1S/C19H21N7O2/c1-14-11-15(2)25(22-14)19-12-18(20-13-21-19)24-9-7-23(8-10-24)16-3-5-17(6-4-16)26(27)28/h3-6,11-13H,7-10H2,1-2H3. The molecule has 1 saturated heterocycles. The third-order valence-corrected chi connectivity index (χ3v) is 4.89. The normalized spacial score (nSPS) is 14.4. The molecule has 0 aliphatic carbocycles. The average molecular weight is 379 g/mol. The van der Waals surface area contributed by atoms with Crippen LogP contribution in [0, 0.1) is 24.0 Å². The molecule has 4 rings (SSSR count). The van der Waals surface area contributed by atoms with Crippen molar-refractivity contribution in [3.8, 4) is 5.82 Å². The summed E-state index contributed by atoms with van der Waals surface area (Å²) in [7, 11) is 0. The number of non-ortho nitro benzene ring substituents is 1. The van der Waals surface area contributed by atoms with Crippen LogP contribution in [0.5, 0.6) is 0 Å². The zero-order valence-corrected chi connectivity index (χ0v) is 15.8. The molecule has 0 bridgehead atoms. The maximum atomic E-state index is 10.8. The summed E-state index contributed by atoms with van der Waals surface area (Å²) in [5.41, 5.74) is 3.09. The summed E-state index contributed by atoms with van der Waals surface area (Å²) in [6.45, 7) is 7.22. The van der Waals surface area contributed by atoms with E-state index >= 15 is 0 Å². The van der Waals surface area contributed by atoms with Gasteiger partial charge in [0.25, 0.3) is 5.69 Å². The third-order valence-electron chi connectivity index (χ3n) is 4.89. The minimum atomic E-state index is -0.378. The fourth-order valence-electron chi connectivity index (χ4n) is 3.47. The van der Waals surface area contributed by atoms with Crippen LogP contribution in [-0.4, -0.2) is 50.9 Å². The van der Waals surface area contributed by atoms with E-state index in [1.54, 1.807) is 30.6 Å². The smallest absolute Gasteiger partial charge is 0.269 e. The second-order valence-electron chi connectivity index (χ2n) is 6.82. The lowest BCUT2D eigenvalue weighted by molar-refractivity contribution is -0.384. The quantitative estimate of drug-likeness (QED) is 0.508. The van der Waals surface area contributed by atoms with Crippen LogP contribution in [0.1, 0.15) is 11.4 Å². The fraction of sp³-hybridized carbons (Fsp3) is 0.316. The molecule has 1 aromatic carbocycles. The first-order valence-electron chi connectivity index (χ1n) is 9.11. The van der Waals surface area contributed by atoms with Gasteiger partial charge in [0.15, 0.2) is 5.82 Å². The van der Waals surface area contributed by atoms with Gasteiger partial charge in [-0.2, -0.15) is 5.10 Å². The summed E-state index contributed by atoms with van der Waals surface area (Å²) >= 11 is 0. The number of nitro benzene ring substituents is 1. The molecular weight excluding hydrogens is 358 g/mol. The molecule has 0 saturated carbocycles. The largest absolute Gasteiger partial charge is 0.368 e. The molecule has 0 amide bonds. The van der Waals surface area contributed by atoms with E-state index in [-0.39, 0.29) is 10.6 Å². The van der Waals surface area contributed by atoms with Gasteiger partial charge in [-0.3, -0.25) is 10.1 Å². The van der Waals surface area contributed by atoms with Crippen LogP contribution in [-0.2, 0) is 0 Å². The first-order chi connectivity index (χ1) is 13.5. The second-order valence-corrected chi connectivity index (χ2v) is 6.82. The molecule has 1 aliphatic heterocycles. The van der Waals surface area contributed by atoms with Crippen LogP contribution >= 0.6 is 0 Å². The van der Waals surface area contributed by atoms with Gasteiger partial charge in [-0.1, -0.05) is 0 Å². The van der Waals surface area contributed by atoms with Gasteiger partial charge in [0, 0.05) is 55.8 Å². The molecule has 0 radical (unpaired) electrons. The van der Waals surface area contributed by atoms with Crippen LogP contribution in [0.2, 0.25) is 0 Å². The van der Waals surface area contributed by atoms with Gasteiger partial charge < -0.3 is 9.80 Å². The van der Waals surface area contributed by atoms with Gasteiger partial charge in [0.2, 0.25) is 0 Å². The van der Waals surface area contributed by atoms with Crippen molar-refractivity contribution in [2.24, 2.45) is 0 Å². The zero-order chi connectivity index (χ0) is 19.7. The predicted octanol–water partition coefficient (Wildman–Crippen LogP) is 2.51. The van der Waals surface area contributed by atoms with Gasteiger partial charge in [-0.05, 0) is 32.0 Å². The van der Waals surface area contributed by atoms with Crippen LogP contribution in [0.4, 0.5) is 17.2 Å². The first kappa shape index (κ1) is 17.9. The van der Waals surface area contributed by atoms with E-state index in [0.717, 1.165) is 54.9 Å². The molecule has 3 heterocycles. The van der Waals surface area contributed by atoms with Crippen molar-refractivity contribution in [1.82, 2.24) is 19.7 Å². The fourth-order valence-corrected chi connectivity index (χ4v) is 3.47. The van der Waals surface area contributed by atoms with E-state index in [0.29, 0.717) is 0 Å². The van der Waals surface area contributed by atoms with Crippen molar-refractivity contribution in [2.45, 2.75) is 13.8 Å². The number of aryl methyl sites for hydroxylation is 2. The zero-order valence-electron chi connectivity index (χ0n) is 15.8. The Morgan fingerprint density at radius 1 is 0.929 bits per heavy atom. The Hall–Kier alpha value is -3.49. The minimum Gasteiger partial charge on any atom is -0.368 e. The van der Waals surface area contributed by atoms with E-state index in [1.807, 2.05) is 30.7 Å². The average Bonchev–Trinajstić information content (AvgIpc) is 3.06. The summed E-state index contributed by atoms with van der Waals surface area (Å²) in [6, 6.07) is 10.7. The lowest BCUT2D eigenvalue weighted by Crippen LogP contribution is -2.46. The summed E-state index contributed by atoms with van der Waals surface area (Å²) in [6.07, 6.45) is 1.57. The van der Waals surface area contributed by atoms with Gasteiger partial charge in [0.05, 0.1) is 10.6 Å². The van der Waals surface area contributed by atoms with Gasteiger partial charge in [0.1, 0.15) is 12.1 Å². The molecule has 0 atom stereocenters. The van der Waals surface area contributed by atoms with Crippen molar-refractivity contribution in [3.63, 3.8) is 0 Å². The van der Waals surface area contributed by atoms with Gasteiger partial charge in [-0.15, -0.1) is 0 Å². The van der Waals surface area contributed by atoms with Crippen molar-refractivity contribution >= 4 is 17.2 Å². The molecule has 3 aromatic rings. The summed E-state index contributed by atoms with van der Waals surface area (Å²) in [5.74, 6) is 1.63. The topological polar surface area (TPSA) is 93.2 Å². The summed E-state index contributed by atoms with van der Waals surface area (Å²) < 4.78 is 1.83. The summed E-state index contributed by atoms with van der Waals surface area (Å²) in [4.78, 5) is 23.7. The second kappa shape index (κ2) is 7.26. The number of aromatic nitrogens is 4. The molecule has 1 fully saturated rings. The number of piperazine rings is 1. The van der Waals surface area contributed by atoms with E-state index in [1.165, 1.54) is 0 Å². The third kappa shape index (κ3) is 3.51. The molecule has 144 valence electrons. The molecule has 2 aromatic heterocycles. The SMILES string of the molecule is Cc1cc(C)n(-c2cc(N3CCN(c4ccc([N+](=O)[O-])cc4)CC3)ncn2)n1. The number of hydrogen-bond acceptors (Lipinski definition) is 7. The van der Waals surface area contributed by atoms with Crippen molar-refractivity contribution in [2.75, 3.05) is 36.0 Å². The molecule has 9 nitrogen and oxygen atoms in total. The first-order valence-corrected chi connectivity index (χ1v) is 9.11. The summed E-state index contributed by atoms with van der Waals surface area (Å²) in [5, 5.41) is 15.3. The number of benzene rings is 1. The van der Waals surface area contributed by atoms with E-state index in [9.17, 15) is 10.1 Å². The lowest BCUT2D eigenvalue weighted by Gasteiger charge is -2.36. The molecule has 9 heteroatoms. The molecule has 0 unspecified atom stereocenters. The van der Waals surface area contributed by atoms with Crippen LogP contribution in [0.15, 0.2) is 42.7 Å². The Balaban J connectivity index is 1.46. The van der Waals surface area contributed by atoms with Crippen LogP contribution in [0.3, 0.4) is 0 Å². The van der Waals surface area contributed by atoms with E-state index < -0.39 is 0 Å². The number of anilines is 2. The number of hydrogen-bond donors (Lipinski definition) is 0. The molecule has 1 aliphatic rings. The highest BCUT2D eigenvalue weighted by Gasteiger charge is 2.20. The molecule has 0 N–H and O–H groups in total. The van der Waals surface area contributed by atoms with Crippen molar-refractivity contribution in [3.05, 3.63) is 64.2 Å². The lowest BCUT2D eigenvalue weighted by atomic mass is 10.2. The van der Waals surface area contributed by atoms with Gasteiger partial charge >= 0.3 is 0 Å². The van der Waals surface area contributed by atoms with E-state index in [4.69, 9.17) is 0 Å². The Kier molecular flexibility index (Phi) is 4.64. The Labute approximate surface area is 162 Å². The predicted molar refractivity (Wildman–Crippen MR) is 106 cm³/mol. The number of nitro groups is 1. The van der Waals surface area contributed by atoms with Crippen molar-refractivity contribution < 1.29 is 4.92 Å². The Bertz CT molecular complexity index is 992. The molecule has 0 spiro atoms. The van der Waals surface area contributed by atoms with E-state index in [2.05, 4.69) is 24.9 Å². The highest BCUT2D eigenvalue weighted by atomic mass is 16.6. The number of rotatable bonds is 4. The van der Waals surface area contributed by atoms with Crippen molar-refractivity contribution in [1.29, 1.82) is 0 Å². The highest BCUT2D eigenvalue weighted by molar-refractivity contribution is 5.53. The molecule has 28 heavy (non-hydrogen) atoms. The molecular formula is C19H21N7O2. The van der Waals surface area contributed by atoms with Crippen LogP contribution < -0.4 is 9.80 Å². The Morgan fingerprint density at radius 3 is 2.18 bits per heavy atom. The monoisotopic (exact) mass is 379 g/mol. The Morgan fingerprint density at radius 2 is 1.57 bits per heavy atom.